The molecule has 0 radical (unpaired) electrons. The van der Waals surface area contributed by atoms with Crippen LogP contribution in [0, 0.1) is 18.3 Å². The smallest absolute Gasteiger partial charge is 0.258 e. The first-order valence-electron chi connectivity index (χ1n) is 6.49. The molecule has 0 amide bonds. The van der Waals surface area contributed by atoms with Crippen LogP contribution in [-0.4, -0.2) is 15.1 Å². The molecule has 5 nitrogen and oxygen atoms in total. The molecule has 0 saturated heterocycles. The number of nitriles is 1. The van der Waals surface area contributed by atoms with Gasteiger partial charge in [0.15, 0.2) is 0 Å². The van der Waals surface area contributed by atoms with Crippen LogP contribution in [0.2, 0.25) is 0 Å². The third-order valence-electron chi connectivity index (χ3n) is 3.20. The summed E-state index contributed by atoms with van der Waals surface area (Å²) in [5.41, 5.74) is 3.54. The third-order valence-corrected chi connectivity index (χ3v) is 3.20. The van der Waals surface area contributed by atoms with Gasteiger partial charge in [-0.25, -0.2) is 0 Å². The van der Waals surface area contributed by atoms with Gasteiger partial charge in [-0.15, -0.1) is 0 Å². The van der Waals surface area contributed by atoms with Gasteiger partial charge in [0.2, 0.25) is 5.82 Å². The molecule has 0 N–H and O–H groups in total. The number of pyridine rings is 1. The van der Waals surface area contributed by atoms with Gasteiger partial charge in [0.05, 0.1) is 12.5 Å². The van der Waals surface area contributed by atoms with Crippen molar-refractivity contribution in [2.75, 3.05) is 0 Å². The summed E-state index contributed by atoms with van der Waals surface area (Å²) in [6.45, 7) is 1.95. The largest absolute Gasteiger partial charge is 0.334 e. The predicted molar refractivity (Wildman–Crippen MR) is 77.0 cm³/mol. The summed E-state index contributed by atoms with van der Waals surface area (Å²) < 4.78 is 5.36. The summed E-state index contributed by atoms with van der Waals surface area (Å²) in [6, 6.07) is 11.5. The molecule has 0 fully saturated rings. The van der Waals surface area contributed by atoms with E-state index < -0.39 is 0 Å². The zero-order valence-corrected chi connectivity index (χ0v) is 11.4. The fraction of sp³-hybridized carbons (Fsp3) is 0.125. The summed E-state index contributed by atoms with van der Waals surface area (Å²) in [7, 11) is 0. The van der Waals surface area contributed by atoms with Crippen LogP contribution in [0.4, 0.5) is 0 Å². The molecular formula is C16H12N4O. The highest BCUT2D eigenvalue weighted by Crippen LogP contribution is 2.26. The maximum absolute atomic E-state index is 8.89. The molecule has 0 aliphatic carbocycles. The van der Waals surface area contributed by atoms with E-state index in [0.29, 0.717) is 18.1 Å². The zero-order valence-electron chi connectivity index (χ0n) is 11.4. The minimum absolute atomic E-state index is 0.308. The Morgan fingerprint density at radius 3 is 2.86 bits per heavy atom. The molecule has 0 unspecified atom stereocenters. The van der Waals surface area contributed by atoms with Crippen LogP contribution < -0.4 is 0 Å². The Labute approximate surface area is 121 Å². The van der Waals surface area contributed by atoms with Crippen molar-refractivity contribution < 1.29 is 4.52 Å². The Morgan fingerprint density at radius 2 is 2.05 bits per heavy atom. The molecule has 1 aromatic carbocycles. The highest BCUT2D eigenvalue weighted by molar-refractivity contribution is 5.64. The first kappa shape index (κ1) is 13.0. The third kappa shape index (κ3) is 2.51. The van der Waals surface area contributed by atoms with E-state index in [2.05, 4.69) is 21.2 Å². The van der Waals surface area contributed by atoms with E-state index in [1.807, 2.05) is 37.3 Å². The van der Waals surface area contributed by atoms with Gasteiger partial charge < -0.3 is 4.52 Å². The second-order valence-electron chi connectivity index (χ2n) is 4.61. The summed E-state index contributed by atoms with van der Waals surface area (Å²) in [6.07, 6.45) is 3.76. The molecule has 2 aromatic heterocycles. The average Bonchev–Trinajstić information content (AvgIpc) is 2.98. The van der Waals surface area contributed by atoms with Crippen LogP contribution in [0.25, 0.3) is 22.8 Å². The molecule has 3 rings (SSSR count). The van der Waals surface area contributed by atoms with E-state index in [4.69, 9.17) is 9.78 Å². The molecule has 0 atom stereocenters. The molecule has 0 spiro atoms. The average molecular weight is 276 g/mol. The summed E-state index contributed by atoms with van der Waals surface area (Å²) in [4.78, 5) is 8.49. The number of hydrogen-bond donors (Lipinski definition) is 0. The number of aryl methyl sites for hydroxylation is 1. The van der Waals surface area contributed by atoms with Gasteiger partial charge in [-0.1, -0.05) is 23.4 Å². The van der Waals surface area contributed by atoms with Gasteiger partial charge in [0, 0.05) is 23.5 Å². The van der Waals surface area contributed by atoms with Crippen molar-refractivity contribution in [2.24, 2.45) is 0 Å². The zero-order chi connectivity index (χ0) is 14.7. The molecular weight excluding hydrogens is 264 g/mol. The lowest BCUT2D eigenvalue weighted by Gasteiger charge is -2.00. The van der Waals surface area contributed by atoms with Crippen molar-refractivity contribution in [1.29, 1.82) is 5.26 Å². The fourth-order valence-corrected chi connectivity index (χ4v) is 2.13. The number of benzene rings is 1. The van der Waals surface area contributed by atoms with Gasteiger partial charge in [-0.2, -0.15) is 10.2 Å². The van der Waals surface area contributed by atoms with Gasteiger partial charge >= 0.3 is 0 Å². The first-order chi connectivity index (χ1) is 10.3. The Kier molecular flexibility index (Phi) is 3.44. The van der Waals surface area contributed by atoms with Gasteiger partial charge in [0.25, 0.3) is 5.89 Å². The Hall–Kier alpha value is -3.00. The van der Waals surface area contributed by atoms with E-state index in [0.717, 1.165) is 22.3 Å². The molecule has 3 aromatic rings. The predicted octanol–water partition coefficient (Wildman–Crippen LogP) is 3.17. The molecule has 2 heterocycles. The number of aromatic nitrogens is 3. The molecule has 21 heavy (non-hydrogen) atoms. The van der Waals surface area contributed by atoms with Crippen LogP contribution in [0.15, 0.2) is 47.2 Å². The number of nitrogens with zero attached hydrogens (tertiary/aromatic N) is 4. The highest BCUT2D eigenvalue weighted by atomic mass is 16.5. The normalized spacial score (nSPS) is 10.3. The van der Waals surface area contributed by atoms with Crippen molar-refractivity contribution in [2.45, 2.75) is 13.3 Å². The van der Waals surface area contributed by atoms with Crippen LogP contribution in [0.5, 0.6) is 0 Å². The quantitative estimate of drug-likeness (QED) is 0.734. The lowest BCUT2D eigenvalue weighted by Crippen LogP contribution is -1.89. The summed E-state index contributed by atoms with van der Waals surface area (Å²) in [5, 5.41) is 12.9. The van der Waals surface area contributed by atoms with E-state index in [1.54, 1.807) is 12.4 Å². The van der Waals surface area contributed by atoms with Crippen molar-refractivity contribution in [1.82, 2.24) is 15.1 Å². The summed E-state index contributed by atoms with van der Waals surface area (Å²) >= 11 is 0. The monoisotopic (exact) mass is 276 g/mol. The van der Waals surface area contributed by atoms with Crippen molar-refractivity contribution >= 4 is 0 Å². The minimum Gasteiger partial charge on any atom is -0.334 e. The first-order valence-corrected chi connectivity index (χ1v) is 6.49. The second-order valence-corrected chi connectivity index (χ2v) is 4.61. The fourth-order valence-electron chi connectivity index (χ4n) is 2.13. The summed E-state index contributed by atoms with van der Waals surface area (Å²) in [5.74, 6) is 0.948. The standard InChI is InChI=1S/C16H12N4O/c1-11-10-18-9-7-13(11)15-19-16(21-20-15)14-5-3-2-4-12(14)6-8-17/h2-5,7,9-10H,6H2,1H3. The molecule has 0 saturated carbocycles. The van der Waals surface area contributed by atoms with E-state index in [1.165, 1.54) is 0 Å². The maximum atomic E-state index is 8.89. The van der Waals surface area contributed by atoms with Crippen molar-refractivity contribution in [3.05, 3.63) is 53.9 Å². The SMILES string of the molecule is Cc1cnccc1-c1noc(-c2ccccc2CC#N)n1. The lowest BCUT2D eigenvalue weighted by atomic mass is 10.1. The molecule has 102 valence electrons. The van der Waals surface area contributed by atoms with E-state index in [9.17, 15) is 0 Å². The highest BCUT2D eigenvalue weighted by Gasteiger charge is 2.14. The van der Waals surface area contributed by atoms with Crippen LogP contribution in [0.3, 0.4) is 0 Å². The van der Waals surface area contributed by atoms with Gasteiger partial charge in [0.1, 0.15) is 0 Å². The molecule has 0 aliphatic heterocycles. The van der Waals surface area contributed by atoms with Gasteiger partial charge in [-0.05, 0) is 30.2 Å². The molecule has 0 bridgehead atoms. The minimum atomic E-state index is 0.308. The van der Waals surface area contributed by atoms with Crippen molar-refractivity contribution in [3.63, 3.8) is 0 Å². The van der Waals surface area contributed by atoms with E-state index in [-0.39, 0.29) is 0 Å². The molecule has 0 aliphatic rings. The van der Waals surface area contributed by atoms with Crippen LogP contribution in [0.1, 0.15) is 11.1 Å². The van der Waals surface area contributed by atoms with Crippen LogP contribution in [-0.2, 0) is 6.42 Å². The van der Waals surface area contributed by atoms with E-state index >= 15 is 0 Å². The number of hydrogen-bond acceptors (Lipinski definition) is 5. The van der Waals surface area contributed by atoms with Crippen LogP contribution >= 0.6 is 0 Å². The lowest BCUT2D eigenvalue weighted by molar-refractivity contribution is 0.432. The Bertz CT molecular complexity index is 817. The number of rotatable bonds is 3. The molecule has 5 heteroatoms. The Morgan fingerprint density at radius 1 is 1.19 bits per heavy atom. The van der Waals surface area contributed by atoms with Gasteiger partial charge in [-0.3, -0.25) is 4.98 Å². The maximum Gasteiger partial charge on any atom is 0.258 e. The second kappa shape index (κ2) is 5.55. The Balaban J connectivity index is 2.04. The van der Waals surface area contributed by atoms with Crippen molar-refractivity contribution in [3.8, 4) is 28.9 Å². The topological polar surface area (TPSA) is 75.6 Å².